The van der Waals surface area contributed by atoms with Gasteiger partial charge < -0.3 is 0 Å². The Bertz CT molecular complexity index is 599. The molecule has 0 aromatic carbocycles. The van der Waals surface area contributed by atoms with E-state index in [0.717, 1.165) is 6.42 Å². The van der Waals surface area contributed by atoms with Crippen molar-refractivity contribution in [1.29, 1.82) is 0 Å². The van der Waals surface area contributed by atoms with Crippen molar-refractivity contribution in [3.63, 3.8) is 0 Å². The van der Waals surface area contributed by atoms with E-state index in [0.29, 0.717) is 0 Å². The highest BCUT2D eigenvalue weighted by Gasteiger charge is 2.07. The van der Waals surface area contributed by atoms with Crippen molar-refractivity contribution < 1.29 is 0 Å². The van der Waals surface area contributed by atoms with Crippen LogP contribution in [0.4, 0.5) is 0 Å². The molecule has 0 N–H and O–H groups in total. The van der Waals surface area contributed by atoms with Crippen LogP contribution >= 0.6 is 34.0 Å². The summed E-state index contributed by atoms with van der Waals surface area (Å²) in [5.74, 6) is 0. The lowest BCUT2D eigenvalue weighted by atomic mass is 10.3. The molecule has 0 saturated carbocycles. The lowest BCUT2D eigenvalue weighted by Crippen LogP contribution is -1.63. The van der Waals surface area contributed by atoms with Gasteiger partial charge in [0.25, 0.3) is 0 Å². The normalized spacial score (nSPS) is 10.9. The lowest BCUT2D eigenvalue weighted by molar-refractivity contribution is 1.19. The van der Waals surface area contributed by atoms with Crippen LogP contribution in [0.3, 0.4) is 0 Å². The quantitative estimate of drug-likeness (QED) is 0.570. The second kappa shape index (κ2) is 4.77. The highest BCUT2D eigenvalue weighted by Crippen LogP contribution is 2.38. The molecule has 86 valence electrons. The lowest BCUT2D eigenvalue weighted by Gasteiger charge is -1.90. The second-order valence-corrected chi connectivity index (χ2v) is 6.96. The zero-order chi connectivity index (χ0) is 11.7. The predicted octanol–water partition coefficient (Wildman–Crippen LogP) is 5.77. The fourth-order valence-corrected chi connectivity index (χ4v) is 4.60. The maximum atomic E-state index is 2.24. The molecule has 0 aliphatic carbocycles. The minimum Gasteiger partial charge on any atom is -0.143 e. The van der Waals surface area contributed by atoms with E-state index in [9.17, 15) is 0 Å². The summed E-state index contributed by atoms with van der Waals surface area (Å²) in [5.41, 5.74) is 0. The van der Waals surface area contributed by atoms with Crippen LogP contribution < -0.4 is 0 Å². The number of rotatable bonds is 3. The molecule has 0 radical (unpaired) electrons. The molecule has 0 fully saturated rings. The molecular weight excluding hydrogens is 264 g/mol. The Hall–Kier alpha value is -0.900. The van der Waals surface area contributed by atoms with Crippen LogP contribution in [0.5, 0.6) is 0 Å². The molecule has 0 amide bonds. The molecule has 0 aliphatic rings. The van der Waals surface area contributed by atoms with E-state index in [1.165, 1.54) is 24.4 Å². The number of hydrogen-bond donors (Lipinski definition) is 0. The SMILES string of the molecule is CCc1ccc(-c2ccc(-c3cccs3)s2)s1. The van der Waals surface area contributed by atoms with E-state index in [-0.39, 0.29) is 0 Å². The van der Waals surface area contributed by atoms with Crippen LogP contribution in [0.1, 0.15) is 11.8 Å². The van der Waals surface area contributed by atoms with Crippen LogP contribution in [0.15, 0.2) is 41.8 Å². The molecule has 0 saturated heterocycles. The summed E-state index contributed by atoms with van der Waals surface area (Å²) in [4.78, 5) is 6.99. The molecule has 0 unspecified atom stereocenters. The van der Waals surface area contributed by atoms with Crippen LogP contribution in [0.2, 0.25) is 0 Å². The monoisotopic (exact) mass is 276 g/mol. The molecule has 0 spiro atoms. The van der Waals surface area contributed by atoms with Gasteiger partial charge in [0.1, 0.15) is 0 Å². The number of hydrogen-bond acceptors (Lipinski definition) is 3. The fourth-order valence-electron chi connectivity index (χ4n) is 1.72. The summed E-state index contributed by atoms with van der Waals surface area (Å²) in [6, 6.07) is 13.3. The molecule has 3 aromatic heterocycles. The van der Waals surface area contributed by atoms with Crippen molar-refractivity contribution in [3.8, 4) is 19.5 Å². The molecule has 0 atom stereocenters. The van der Waals surface area contributed by atoms with Crippen LogP contribution in [0, 0.1) is 0 Å². The average molecular weight is 276 g/mol. The first-order chi connectivity index (χ1) is 8.36. The van der Waals surface area contributed by atoms with Gasteiger partial charge in [-0.25, -0.2) is 0 Å². The zero-order valence-corrected chi connectivity index (χ0v) is 11.9. The van der Waals surface area contributed by atoms with E-state index < -0.39 is 0 Å². The Morgan fingerprint density at radius 2 is 1.53 bits per heavy atom. The predicted molar refractivity (Wildman–Crippen MR) is 80.3 cm³/mol. The van der Waals surface area contributed by atoms with Gasteiger partial charge in [0, 0.05) is 24.4 Å². The average Bonchev–Trinajstić information content (AvgIpc) is 3.09. The van der Waals surface area contributed by atoms with E-state index >= 15 is 0 Å². The highest BCUT2D eigenvalue weighted by atomic mass is 32.1. The standard InChI is InChI=1S/C14H12S3/c1-2-10-5-6-13(16-10)14-8-7-12(17-14)11-4-3-9-15-11/h3-9H,2H2,1H3. The Morgan fingerprint density at radius 1 is 0.824 bits per heavy atom. The molecule has 0 bridgehead atoms. The van der Waals surface area contributed by atoms with Crippen molar-refractivity contribution in [3.05, 3.63) is 46.7 Å². The van der Waals surface area contributed by atoms with Crippen molar-refractivity contribution in [2.75, 3.05) is 0 Å². The second-order valence-electron chi connectivity index (χ2n) is 3.76. The van der Waals surface area contributed by atoms with E-state index in [4.69, 9.17) is 0 Å². The summed E-state index contributed by atoms with van der Waals surface area (Å²) in [6.45, 7) is 2.21. The van der Waals surface area contributed by atoms with Gasteiger partial charge in [0.15, 0.2) is 0 Å². The van der Waals surface area contributed by atoms with Crippen LogP contribution in [0.25, 0.3) is 19.5 Å². The minimum absolute atomic E-state index is 1.13. The molecule has 3 heteroatoms. The van der Waals surface area contributed by atoms with Crippen LogP contribution in [-0.4, -0.2) is 0 Å². The Morgan fingerprint density at radius 3 is 2.18 bits per heavy atom. The van der Waals surface area contributed by atoms with E-state index in [2.05, 4.69) is 48.7 Å². The summed E-state index contributed by atoms with van der Waals surface area (Å²) in [5, 5.41) is 2.13. The first kappa shape index (κ1) is 11.2. The van der Waals surface area contributed by atoms with Crippen molar-refractivity contribution >= 4 is 34.0 Å². The number of aryl methyl sites for hydroxylation is 1. The van der Waals surface area contributed by atoms with Gasteiger partial charge in [-0.15, -0.1) is 34.0 Å². The van der Waals surface area contributed by atoms with E-state index in [1.807, 2.05) is 34.0 Å². The topological polar surface area (TPSA) is 0 Å². The molecule has 3 aromatic rings. The first-order valence-electron chi connectivity index (χ1n) is 5.59. The smallest absolute Gasteiger partial charge is 0.0449 e. The van der Waals surface area contributed by atoms with Gasteiger partial charge in [-0.1, -0.05) is 13.0 Å². The van der Waals surface area contributed by atoms with Crippen LogP contribution in [-0.2, 0) is 6.42 Å². The summed E-state index contributed by atoms with van der Waals surface area (Å²) < 4.78 is 0. The van der Waals surface area contributed by atoms with Gasteiger partial charge >= 0.3 is 0 Å². The molecule has 3 heterocycles. The summed E-state index contributed by atoms with van der Waals surface area (Å²) >= 11 is 5.61. The molecule has 0 nitrogen and oxygen atoms in total. The molecular formula is C14H12S3. The first-order valence-corrected chi connectivity index (χ1v) is 8.11. The summed E-state index contributed by atoms with van der Waals surface area (Å²) in [7, 11) is 0. The fraction of sp³-hybridized carbons (Fsp3) is 0.143. The van der Waals surface area contributed by atoms with Gasteiger partial charge in [-0.05, 0) is 42.1 Å². The summed E-state index contributed by atoms with van der Waals surface area (Å²) in [6.07, 6.45) is 1.13. The minimum atomic E-state index is 1.13. The molecule has 3 rings (SSSR count). The Balaban J connectivity index is 1.94. The van der Waals surface area contributed by atoms with Gasteiger partial charge in [-0.3, -0.25) is 0 Å². The third-order valence-electron chi connectivity index (χ3n) is 2.62. The highest BCUT2D eigenvalue weighted by molar-refractivity contribution is 7.26. The van der Waals surface area contributed by atoms with Gasteiger partial charge in [0.2, 0.25) is 0 Å². The van der Waals surface area contributed by atoms with Crippen molar-refractivity contribution in [2.24, 2.45) is 0 Å². The maximum absolute atomic E-state index is 2.24. The Kier molecular flexibility index (Phi) is 3.14. The molecule has 17 heavy (non-hydrogen) atoms. The largest absolute Gasteiger partial charge is 0.143 e. The Labute approximate surface area is 113 Å². The molecule has 0 aliphatic heterocycles. The third kappa shape index (κ3) is 2.23. The van der Waals surface area contributed by atoms with E-state index in [1.54, 1.807) is 0 Å². The zero-order valence-electron chi connectivity index (χ0n) is 9.47. The number of thiophene rings is 3. The van der Waals surface area contributed by atoms with Gasteiger partial charge in [0.05, 0.1) is 0 Å². The maximum Gasteiger partial charge on any atom is 0.0449 e. The van der Waals surface area contributed by atoms with Crippen molar-refractivity contribution in [1.82, 2.24) is 0 Å². The van der Waals surface area contributed by atoms with Gasteiger partial charge in [-0.2, -0.15) is 0 Å². The third-order valence-corrected chi connectivity index (χ3v) is 6.20. The van der Waals surface area contributed by atoms with Crippen molar-refractivity contribution in [2.45, 2.75) is 13.3 Å².